The first kappa shape index (κ1) is 19.8. The molecule has 0 radical (unpaired) electrons. The van der Waals surface area contributed by atoms with Crippen LogP contribution >= 0.6 is 11.6 Å². The maximum absolute atomic E-state index is 12.2. The molecule has 0 aliphatic rings. The summed E-state index contributed by atoms with van der Waals surface area (Å²) in [6, 6.07) is 14.0. The smallest absolute Gasteiger partial charge is 0.279 e. The minimum Gasteiger partial charge on any atom is -0.481 e. The Morgan fingerprint density at radius 1 is 1.04 bits per heavy atom. The standard InChI is InChI=1S/C20H23ClN2O3/c1-4-13(2)17-7-5-6-8-18(17)26-14(3)19(24)22-23-20(25)15-9-11-16(21)12-10-15/h5-14H,4H2,1-3H3,(H,22,24)(H,23,25). The predicted octanol–water partition coefficient (Wildman–Crippen LogP) is 4.08. The highest BCUT2D eigenvalue weighted by atomic mass is 35.5. The number of ether oxygens (including phenoxy) is 1. The SMILES string of the molecule is CCC(C)c1ccccc1OC(C)C(=O)NNC(=O)c1ccc(Cl)cc1. The summed E-state index contributed by atoms with van der Waals surface area (Å²) in [6.45, 7) is 5.85. The van der Waals surface area contributed by atoms with Crippen LogP contribution in [0.3, 0.4) is 0 Å². The van der Waals surface area contributed by atoms with Gasteiger partial charge in [0.1, 0.15) is 5.75 Å². The van der Waals surface area contributed by atoms with Crippen molar-refractivity contribution in [1.29, 1.82) is 0 Å². The summed E-state index contributed by atoms with van der Waals surface area (Å²) in [5.41, 5.74) is 6.20. The van der Waals surface area contributed by atoms with Gasteiger partial charge >= 0.3 is 0 Å². The van der Waals surface area contributed by atoms with Crippen molar-refractivity contribution in [2.45, 2.75) is 39.2 Å². The highest BCUT2D eigenvalue weighted by Gasteiger charge is 2.18. The van der Waals surface area contributed by atoms with Gasteiger partial charge in [-0.1, -0.05) is 43.6 Å². The molecule has 2 aromatic rings. The number of benzene rings is 2. The lowest BCUT2D eigenvalue weighted by atomic mass is 9.98. The van der Waals surface area contributed by atoms with Crippen LogP contribution < -0.4 is 15.6 Å². The average molecular weight is 375 g/mol. The van der Waals surface area contributed by atoms with Crippen LogP contribution in [0.5, 0.6) is 5.75 Å². The molecule has 2 aromatic carbocycles. The molecule has 26 heavy (non-hydrogen) atoms. The van der Waals surface area contributed by atoms with Gasteiger partial charge in [-0.3, -0.25) is 20.4 Å². The van der Waals surface area contributed by atoms with Crippen molar-refractivity contribution in [1.82, 2.24) is 10.9 Å². The fourth-order valence-corrected chi connectivity index (χ4v) is 2.48. The van der Waals surface area contributed by atoms with Gasteiger partial charge in [-0.2, -0.15) is 0 Å². The number of carbonyl (C=O) groups excluding carboxylic acids is 2. The van der Waals surface area contributed by atoms with Crippen molar-refractivity contribution in [3.63, 3.8) is 0 Å². The number of rotatable bonds is 6. The normalized spacial score (nSPS) is 12.8. The highest BCUT2D eigenvalue weighted by molar-refractivity contribution is 6.30. The van der Waals surface area contributed by atoms with E-state index in [0.717, 1.165) is 12.0 Å². The van der Waals surface area contributed by atoms with Gasteiger partial charge < -0.3 is 4.74 Å². The van der Waals surface area contributed by atoms with Gasteiger partial charge in [0.05, 0.1) is 0 Å². The van der Waals surface area contributed by atoms with E-state index in [1.807, 2.05) is 24.3 Å². The molecule has 2 unspecified atom stereocenters. The van der Waals surface area contributed by atoms with E-state index in [0.29, 0.717) is 22.3 Å². The molecular weight excluding hydrogens is 352 g/mol. The van der Waals surface area contributed by atoms with E-state index < -0.39 is 17.9 Å². The van der Waals surface area contributed by atoms with E-state index >= 15 is 0 Å². The molecule has 0 aromatic heterocycles. The predicted molar refractivity (Wildman–Crippen MR) is 102 cm³/mol. The topological polar surface area (TPSA) is 67.4 Å². The van der Waals surface area contributed by atoms with Crippen molar-refractivity contribution in [2.24, 2.45) is 0 Å². The molecular formula is C20H23ClN2O3. The van der Waals surface area contributed by atoms with Gasteiger partial charge in [-0.05, 0) is 55.2 Å². The average Bonchev–Trinajstić information content (AvgIpc) is 2.66. The van der Waals surface area contributed by atoms with E-state index in [2.05, 4.69) is 24.7 Å². The van der Waals surface area contributed by atoms with Gasteiger partial charge in [0.15, 0.2) is 6.10 Å². The van der Waals surface area contributed by atoms with Crippen LogP contribution in [0, 0.1) is 0 Å². The number of carbonyl (C=O) groups is 2. The van der Waals surface area contributed by atoms with Crippen molar-refractivity contribution < 1.29 is 14.3 Å². The molecule has 0 spiro atoms. The molecule has 2 N–H and O–H groups in total. The quantitative estimate of drug-likeness (QED) is 0.748. The Balaban J connectivity index is 1.94. The first-order valence-corrected chi connectivity index (χ1v) is 8.91. The lowest BCUT2D eigenvalue weighted by Gasteiger charge is -2.19. The van der Waals surface area contributed by atoms with Crippen LogP contribution in [0.4, 0.5) is 0 Å². The zero-order valence-corrected chi connectivity index (χ0v) is 15.8. The molecule has 0 saturated carbocycles. The molecule has 0 fully saturated rings. The molecule has 0 heterocycles. The Bertz CT molecular complexity index is 762. The number of halogens is 1. The van der Waals surface area contributed by atoms with Crippen LogP contribution in [0.1, 0.15) is 49.0 Å². The van der Waals surface area contributed by atoms with Crippen LogP contribution in [-0.4, -0.2) is 17.9 Å². The Labute approximate surface area is 158 Å². The first-order chi connectivity index (χ1) is 12.4. The largest absolute Gasteiger partial charge is 0.481 e. The Hall–Kier alpha value is -2.53. The van der Waals surface area contributed by atoms with Crippen LogP contribution in [0.2, 0.25) is 5.02 Å². The van der Waals surface area contributed by atoms with Gasteiger partial charge in [0.25, 0.3) is 11.8 Å². The number of para-hydroxylation sites is 1. The second-order valence-electron chi connectivity index (χ2n) is 6.06. The molecule has 0 aliphatic heterocycles. The molecule has 2 atom stereocenters. The molecule has 0 saturated heterocycles. The lowest BCUT2D eigenvalue weighted by Crippen LogP contribution is -2.47. The molecule has 2 rings (SSSR count). The van der Waals surface area contributed by atoms with Gasteiger partial charge in [0.2, 0.25) is 0 Å². The number of hydrogen-bond donors (Lipinski definition) is 2. The van der Waals surface area contributed by atoms with Crippen LogP contribution in [0.25, 0.3) is 0 Å². The minimum absolute atomic E-state index is 0.325. The Morgan fingerprint density at radius 2 is 1.69 bits per heavy atom. The second kappa shape index (κ2) is 9.25. The molecule has 6 heteroatoms. The fraction of sp³-hybridized carbons (Fsp3) is 0.300. The molecule has 2 amide bonds. The second-order valence-corrected chi connectivity index (χ2v) is 6.49. The fourth-order valence-electron chi connectivity index (χ4n) is 2.35. The van der Waals surface area contributed by atoms with E-state index in [1.54, 1.807) is 31.2 Å². The summed E-state index contributed by atoms with van der Waals surface area (Å²) in [5.74, 6) is 0.132. The maximum Gasteiger partial charge on any atom is 0.279 e. The van der Waals surface area contributed by atoms with Gasteiger partial charge in [-0.15, -0.1) is 0 Å². The number of hydrogen-bond acceptors (Lipinski definition) is 3. The maximum atomic E-state index is 12.2. The molecule has 0 bridgehead atoms. The lowest BCUT2D eigenvalue weighted by molar-refractivity contribution is -0.128. The molecule has 138 valence electrons. The summed E-state index contributed by atoms with van der Waals surface area (Å²) >= 11 is 5.79. The minimum atomic E-state index is -0.759. The van der Waals surface area contributed by atoms with E-state index in [4.69, 9.17) is 16.3 Å². The number of hydrazine groups is 1. The van der Waals surface area contributed by atoms with E-state index in [1.165, 1.54) is 0 Å². The van der Waals surface area contributed by atoms with Crippen molar-refractivity contribution in [3.8, 4) is 5.75 Å². The van der Waals surface area contributed by atoms with Crippen LogP contribution in [0.15, 0.2) is 48.5 Å². The third-order valence-corrected chi connectivity index (χ3v) is 4.39. The summed E-state index contributed by atoms with van der Waals surface area (Å²) in [6.07, 6.45) is 0.212. The zero-order valence-electron chi connectivity index (χ0n) is 15.1. The van der Waals surface area contributed by atoms with Gasteiger partial charge in [-0.25, -0.2) is 0 Å². The van der Waals surface area contributed by atoms with Crippen molar-refractivity contribution in [2.75, 3.05) is 0 Å². The van der Waals surface area contributed by atoms with E-state index in [9.17, 15) is 9.59 Å². The third-order valence-electron chi connectivity index (χ3n) is 4.14. The summed E-state index contributed by atoms with van der Waals surface area (Å²) in [7, 11) is 0. The summed E-state index contributed by atoms with van der Waals surface area (Å²) < 4.78 is 5.80. The molecule has 0 aliphatic carbocycles. The number of nitrogens with one attached hydrogen (secondary N) is 2. The molecule has 5 nitrogen and oxygen atoms in total. The zero-order chi connectivity index (χ0) is 19.1. The first-order valence-electron chi connectivity index (χ1n) is 8.53. The summed E-state index contributed by atoms with van der Waals surface area (Å²) in [4.78, 5) is 24.2. The summed E-state index contributed by atoms with van der Waals surface area (Å²) in [5, 5.41) is 0.535. The van der Waals surface area contributed by atoms with E-state index in [-0.39, 0.29) is 0 Å². The highest BCUT2D eigenvalue weighted by Crippen LogP contribution is 2.29. The Kier molecular flexibility index (Phi) is 7.04. The van der Waals surface area contributed by atoms with Crippen LogP contribution in [-0.2, 0) is 4.79 Å². The number of amides is 2. The van der Waals surface area contributed by atoms with Crippen molar-refractivity contribution in [3.05, 3.63) is 64.7 Å². The Morgan fingerprint density at radius 3 is 2.35 bits per heavy atom. The monoisotopic (exact) mass is 374 g/mol. The third kappa shape index (κ3) is 5.23. The van der Waals surface area contributed by atoms with Gasteiger partial charge in [0, 0.05) is 10.6 Å². The van der Waals surface area contributed by atoms with Crippen molar-refractivity contribution >= 4 is 23.4 Å².